The van der Waals surface area contributed by atoms with Crippen molar-refractivity contribution in [3.8, 4) is 5.82 Å². The van der Waals surface area contributed by atoms with Gasteiger partial charge in [-0.3, -0.25) is 0 Å². The second-order valence-electron chi connectivity index (χ2n) is 3.14. The molecule has 5 nitrogen and oxygen atoms in total. The monoisotopic (exact) mass is 244 g/mol. The van der Waals surface area contributed by atoms with Crippen LogP contribution in [0.4, 0.5) is 13.2 Å². The highest BCUT2D eigenvalue weighted by Crippen LogP contribution is 2.32. The number of nitrogens with zero attached hydrogens (tertiary/aromatic N) is 4. The number of halogens is 3. The Bertz CT molecular complexity index is 523. The standard InChI is InChI=1S/C9H7F3N4O/c10-9(11,12)6-2-1-3-13-8(6)16-5-14-7(4-17)15-16/h1-3,5,17H,4H2. The van der Waals surface area contributed by atoms with Crippen molar-refractivity contribution >= 4 is 0 Å². The molecule has 0 saturated carbocycles. The van der Waals surface area contributed by atoms with Crippen molar-refractivity contribution in [2.24, 2.45) is 0 Å². The van der Waals surface area contributed by atoms with E-state index < -0.39 is 18.3 Å². The molecule has 0 amide bonds. The van der Waals surface area contributed by atoms with Crippen LogP contribution in [0, 0.1) is 0 Å². The van der Waals surface area contributed by atoms with Crippen LogP contribution in [-0.2, 0) is 12.8 Å². The van der Waals surface area contributed by atoms with Gasteiger partial charge in [0.25, 0.3) is 0 Å². The number of alkyl halides is 3. The Hall–Kier alpha value is -1.96. The Morgan fingerprint density at radius 2 is 2.06 bits per heavy atom. The third kappa shape index (κ3) is 2.26. The molecule has 0 aliphatic rings. The van der Waals surface area contributed by atoms with Gasteiger partial charge in [-0.05, 0) is 12.1 Å². The summed E-state index contributed by atoms with van der Waals surface area (Å²) in [5.74, 6) is -0.337. The smallest absolute Gasteiger partial charge is 0.388 e. The minimum absolute atomic E-state index is 0.0313. The molecule has 2 aromatic rings. The molecule has 90 valence electrons. The lowest BCUT2D eigenvalue weighted by molar-refractivity contribution is -0.137. The molecule has 0 radical (unpaired) electrons. The van der Waals surface area contributed by atoms with Gasteiger partial charge in [0.05, 0.1) is 0 Å². The summed E-state index contributed by atoms with van der Waals surface area (Å²) in [6.07, 6.45) is -2.22. The van der Waals surface area contributed by atoms with E-state index in [1.54, 1.807) is 0 Å². The zero-order valence-electron chi connectivity index (χ0n) is 8.39. The van der Waals surface area contributed by atoms with Crippen LogP contribution in [-0.4, -0.2) is 24.9 Å². The van der Waals surface area contributed by atoms with E-state index in [4.69, 9.17) is 5.11 Å². The quantitative estimate of drug-likeness (QED) is 0.861. The minimum atomic E-state index is -4.52. The fraction of sp³-hybridized carbons (Fsp3) is 0.222. The number of rotatable bonds is 2. The molecule has 0 aliphatic carbocycles. The van der Waals surface area contributed by atoms with Crippen molar-refractivity contribution in [2.75, 3.05) is 0 Å². The molecule has 2 aromatic heterocycles. The van der Waals surface area contributed by atoms with Crippen molar-refractivity contribution in [2.45, 2.75) is 12.8 Å². The largest absolute Gasteiger partial charge is 0.420 e. The Morgan fingerprint density at radius 3 is 2.65 bits per heavy atom. The predicted molar refractivity (Wildman–Crippen MR) is 50.1 cm³/mol. The third-order valence-electron chi connectivity index (χ3n) is 1.99. The van der Waals surface area contributed by atoms with Crippen molar-refractivity contribution in [1.29, 1.82) is 0 Å². The maximum absolute atomic E-state index is 12.7. The van der Waals surface area contributed by atoms with Crippen LogP contribution in [0.15, 0.2) is 24.7 Å². The molecule has 2 heterocycles. The van der Waals surface area contributed by atoms with E-state index in [-0.39, 0.29) is 11.6 Å². The SMILES string of the molecule is OCc1ncn(-c2ncccc2C(F)(F)F)n1. The molecule has 0 spiro atoms. The number of aliphatic hydroxyl groups excluding tert-OH is 1. The highest BCUT2D eigenvalue weighted by molar-refractivity contribution is 5.34. The van der Waals surface area contributed by atoms with E-state index in [0.29, 0.717) is 0 Å². The second-order valence-corrected chi connectivity index (χ2v) is 3.14. The van der Waals surface area contributed by atoms with Gasteiger partial charge in [-0.15, -0.1) is 5.10 Å². The summed E-state index contributed by atoms with van der Waals surface area (Å²) in [6.45, 7) is -0.443. The summed E-state index contributed by atoms with van der Waals surface area (Å²) in [5.41, 5.74) is -0.908. The zero-order chi connectivity index (χ0) is 12.5. The lowest BCUT2D eigenvalue weighted by Crippen LogP contribution is -2.12. The summed E-state index contributed by atoms with van der Waals surface area (Å²) < 4.78 is 38.9. The van der Waals surface area contributed by atoms with Crippen LogP contribution in [0.2, 0.25) is 0 Å². The van der Waals surface area contributed by atoms with Crippen molar-refractivity contribution in [3.05, 3.63) is 36.0 Å². The van der Waals surface area contributed by atoms with Gasteiger partial charge in [0, 0.05) is 6.20 Å². The van der Waals surface area contributed by atoms with E-state index in [9.17, 15) is 13.2 Å². The van der Waals surface area contributed by atoms with Crippen LogP contribution < -0.4 is 0 Å². The summed E-state index contributed by atoms with van der Waals surface area (Å²) in [6, 6.07) is 2.10. The molecule has 1 N–H and O–H groups in total. The normalized spacial score (nSPS) is 11.8. The second kappa shape index (κ2) is 4.13. The average molecular weight is 244 g/mol. The number of pyridine rings is 1. The van der Waals surface area contributed by atoms with E-state index >= 15 is 0 Å². The lowest BCUT2D eigenvalue weighted by atomic mass is 10.2. The topological polar surface area (TPSA) is 63.8 Å². The van der Waals surface area contributed by atoms with Gasteiger partial charge in [-0.25, -0.2) is 14.6 Å². The van der Waals surface area contributed by atoms with Gasteiger partial charge in [-0.2, -0.15) is 13.2 Å². The molecule has 0 fully saturated rings. The fourth-order valence-electron chi connectivity index (χ4n) is 1.27. The number of hydrogen-bond donors (Lipinski definition) is 1. The van der Waals surface area contributed by atoms with Gasteiger partial charge >= 0.3 is 6.18 Å². The fourth-order valence-corrected chi connectivity index (χ4v) is 1.27. The molecule has 0 bridgehead atoms. The molecular weight excluding hydrogens is 237 g/mol. The number of aromatic nitrogens is 4. The number of aliphatic hydroxyl groups is 1. The van der Waals surface area contributed by atoms with E-state index in [1.807, 2.05) is 0 Å². The van der Waals surface area contributed by atoms with Crippen molar-refractivity contribution in [3.63, 3.8) is 0 Å². The van der Waals surface area contributed by atoms with Gasteiger partial charge in [-0.1, -0.05) is 0 Å². The molecule has 0 saturated heterocycles. The maximum Gasteiger partial charge on any atom is 0.420 e. The van der Waals surface area contributed by atoms with E-state index in [0.717, 1.165) is 17.1 Å². The lowest BCUT2D eigenvalue weighted by Gasteiger charge is -2.10. The maximum atomic E-state index is 12.7. The Balaban J connectivity index is 2.52. The summed E-state index contributed by atoms with van der Waals surface area (Å²) in [5, 5.41) is 12.4. The Morgan fingerprint density at radius 1 is 1.29 bits per heavy atom. The molecule has 0 atom stereocenters. The van der Waals surface area contributed by atoms with Gasteiger partial charge in [0.2, 0.25) is 0 Å². The molecule has 17 heavy (non-hydrogen) atoms. The first-order chi connectivity index (χ1) is 8.02. The molecule has 0 aromatic carbocycles. The average Bonchev–Trinajstić information content (AvgIpc) is 2.76. The Kier molecular flexibility index (Phi) is 2.80. The molecule has 2 rings (SSSR count). The molecule has 0 aliphatic heterocycles. The van der Waals surface area contributed by atoms with E-state index in [2.05, 4.69) is 15.1 Å². The zero-order valence-corrected chi connectivity index (χ0v) is 8.39. The van der Waals surface area contributed by atoms with E-state index in [1.165, 1.54) is 12.3 Å². The van der Waals surface area contributed by atoms with Crippen LogP contribution in [0.25, 0.3) is 5.82 Å². The minimum Gasteiger partial charge on any atom is -0.388 e. The van der Waals surface area contributed by atoms with Gasteiger partial charge in [0.1, 0.15) is 18.5 Å². The highest BCUT2D eigenvalue weighted by Gasteiger charge is 2.34. The first-order valence-corrected chi connectivity index (χ1v) is 4.56. The molecule has 8 heteroatoms. The number of hydrogen-bond acceptors (Lipinski definition) is 4. The summed E-state index contributed by atoms with van der Waals surface area (Å²) in [7, 11) is 0. The summed E-state index contributed by atoms with van der Waals surface area (Å²) >= 11 is 0. The van der Waals surface area contributed by atoms with Crippen LogP contribution in [0.1, 0.15) is 11.4 Å². The van der Waals surface area contributed by atoms with Gasteiger partial charge < -0.3 is 5.11 Å². The van der Waals surface area contributed by atoms with Crippen molar-refractivity contribution < 1.29 is 18.3 Å². The Labute approximate surface area is 93.6 Å². The van der Waals surface area contributed by atoms with Crippen LogP contribution in [0.5, 0.6) is 0 Å². The summed E-state index contributed by atoms with van der Waals surface area (Å²) in [4.78, 5) is 7.25. The third-order valence-corrected chi connectivity index (χ3v) is 1.99. The van der Waals surface area contributed by atoms with Crippen LogP contribution >= 0.6 is 0 Å². The van der Waals surface area contributed by atoms with Crippen LogP contribution in [0.3, 0.4) is 0 Å². The molecular formula is C9H7F3N4O. The first-order valence-electron chi connectivity index (χ1n) is 4.56. The van der Waals surface area contributed by atoms with Crippen molar-refractivity contribution in [1.82, 2.24) is 19.7 Å². The highest BCUT2D eigenvalue weighted by atomic mass is 19.4. The van der Waals surface area contributed by atoms with Gasteiger partial charge in [0.15, 0.2) is 11.6 Å². The molecule has 0 unspecified atom stereocenters. The first kappa shape index (κ1) is 11.5. The predicted octanol–water partition coefficient (Wildman–Crippen LogP) is 1.17.